The highest BCUT2D eigenvalue weighted by Gasteiger charge is 2.14. The van der Waals surface area contributed by atoms with Gasteiger partial charge in [0.15, 0.2) is 0 Å². The molecule has 0 unspecified atom stereocenters. The van der Waals surface area contributed by atoms with Crippen LogP contribution in [-0.2, 0) is 0 Å². The summed E-state index contributed by atoms with van der Waals surface area (Å²) in [7, 11) is 0. The van der Waals surface area contributed by atoms with E-state index in [4.69, 9.17) is 16.3 Å². The second-order valence-corrected chi connectivity index (χ2v) is 4.59. The molecule has 1 N–H and O–H groups in total. The number of rotatable bonds is 4. The van der Waals surface area contributed by atoms with Crippen LogP contribution in [0, 0.1) is 11.6 Å². The van der Waals surface area contributed by atoms with Gasteiger partial charge < -0.3 is 10.1 Å². The molecule has 0 bridgehead atoms. The van der Waals surface area contributed by atoms with Gasteiger partial charge in [0.25, 0.3) is 5.91 Å². The topological polar surface area (TPSA) is 38.3 Å². The molecule has 2 aromatic rings. The Balaban J connectivity index is 2.27. The maximum atomic E-state index is 13.7. The van der Waals surface area contributed by atoms with Crippen LogP contribution in [0.15, 0.2) is 36.4 Å². The van der Waals surface area contributed by atoms with Gasteiger partial charge in [0.1, 0.15) is 17.4 Å². The molecule has 110 valence electrons. The molecule has 6 heteroatoms. The van der Waals surface area contributed by atoms with Crippen molar-refractivity contribution in [1.29, 1.82) is 0 Å². The summed E-state index contributed by atoms with van der Waals surface area (Å²) in [6.45, 7) is 2.04. The van der Waals surface area contributed by atoms with E-state index in [1.165, 1.54) is 24.3 Å². The lowest BCUT2D eigenvalue weighted by Gasteiger charge is -2.12. The lowest BCUT2D eigenvalue weighted by molar-refractivity contribution is 0.102. The summed E-state index contributed by atoms with van der Waals surface area (Å²) >= 11 is 5.63. The Morgan fingerprint density at radius 2 is 2.00 bits per heavy atom. The van der Waals surface area contributed by atoms with Crippen molar-refractivity contribution in [2.75, 3.05) is 11.9 Å². The van der Waals surface area contributed by atoms with Crippen molar-refractivity contribution < 1.29 is 18.3 Å². The van der Waals surface area contributed by atoms with E-state index in [0.29, 0.717) is 6.61 Å². The van der Waals surface area contributed by atoms with E-state index in [-0.39, 0.29) is 22.0 Å². The van der Waals surface area contributed by atoms with Gasteiger partial charge in [-0.1, -0.05) is 11.6 Å². The molecular weight excluding hydrogens is 300 g/mol. The average molecular weight is 312 g/mol. The van der Waals surface area contributed by atoms with Crippen molar-refractivity contribution in [2.24, 2.45) is 0 Å². The SMILES string of the molecule is CCOc1cc(F)ccc1NC(=O)c1ccc(Cl)cc1F. The molecule has 0 aliphatic heterocycles. The minimum absolute atomic E-state index is 0.161. The molecule has 0 aliphatic carbocycles. The van der Waals surface area contributed by atoms with E-state index in [2.05, 4.69) is 5.32 Å². The highest BCUT2D eigenvalue weighted by molar-refractivity contribution is 6.30. The monoisotopic (exact) mass is 311 g/mol. The lowest BCUT2D eigenvalue weighted by Crippen LogP contribution is -2.14. The smallest absolute Gasteiger partial charge is 0.258 e. The quantitative estimate of drug-likeness (QED) is 0.915. The van der Waals surface area contributed by atoms with Gasteiger partial charge in [0, 0.05) is 11.1 Å². The van der Waals surface area contributed by atoms with Gasteiger partial charge in [-0.3, -0.25) is 4.79 Å². The largest absolute Gasteiger partial charge is 0.492 e. The normalized spacial score (nSPS) is 10.3. The highest BCUT2D eigenvalue weighted by Crippen LogP contribution is 2.26. The predicted molar refractivity (Wildman–Crippen MR) is 76.9 cm³/mol. The zero-order valence-electron chi connectivity index (χ0n) is 11.1. The van der Waals surface area contributed by atoms with Crippen molar-refractivity contribution >= 4 is 23.2 Å². The summed E-state index contributed by atoms with van der Waals surface area (Å²) in [6, 6.07) is 7.41. The molecule has 0 aromatic heterocycles. The summed E-state index contributed by atoms with van der Waals surface area (Å²) in [5, 5.41) is 2.68. The van der Waals surface area contributed by atoms with Gasteiger partial charge >= 0.3 is 0 Å². The first-order valence-corrected chi connectivity index (χ1v) is 6.58. The number of amides is 1. The lowest BCUT2D eigenvalue weighted by atomic mass is 10.2. The summed E-state index contributed by atoms with van der Waals surface area (Å²) in [5.41, 5.74) is 0.101. The number of hydrogen-bond acceptors (Lipinski definition) is 2. The first-order chi connectivity index (χ1) is 10.0. The van der Waals surface area contributed by atoms with Crippen molar-refractivity contribution in [3.63, 3.8) is 0 Å². The number of halogens is 3. The zero-order chi connectivity index (χ0) is 15.4. The highest BCUT2D eigenvalue weighted by atomic mass is 35.5. The van der Waals surface area contributed by atoms with Gasteiger partial charge in [-0.05, 0) is 37.3 Å². The van der Waals surface area contributed by atoms with E-state index in [1.807, 2.05) is 0 Å². The third kappa shape index (κ3) is 3.70. The molecule has 2 aromatic carbocycles. The standard InChI is InChI=1S/C15H12ClF2NO2/c1-2-21-14-8-10(17)4-6-13(14)19-15(20)11-5-3-9(16)7-12(11)18/h3-8H,2H2,1H3,(H,19,20). The summed E-state index contributed by atoms with van der Waals surface area (Å²) in [6.07, 6.45) is 0. The Morgan fingerprint density at radius 1 is 1.24 bits per heavy atom. The fraction of sp³-hybridized carbons (Fsp3) is 0.133. The van der Waals surface area contributed by atoms with Crippen molar-refractivity contribution in [3.05, 3.63) is 58.6 Å². The molecule has 21 heavy (non-hydrogen) atoms. The van der Waals surface area contributed by atoms with Gasteiger partial charge in [0.05, 0.1) is 17.9 Å². The Hall–Kier alpha value is -2.14. The number of nitrogens with one attached hydrogen (secondary N) is 1. The van der Waals surface area contributed by atoms with E-state index >= 15 is 0 Å². The fourth-order valence-corrected chi connectivity index (χ4v) is 1.90. The van der Waals surface area contributed by atoms with Crippen LogP contribution in [-0.4, -0.2) is 12.5 Å². The fourth-order valence-electron chi connectivity index (χ4n) is 1.74. The van der Waals surface area contributed by atoms with Crippen LogP contribution in [0.4, 0.5) is 14.5 Å². The number of benzene rings is 2. The van der Waals surface area contributed by atoms with E-state index in [9.17, 15) is 13.6 Å². The van der Waals surface area contributed by atoms with Gasteiger partial charge in [-0.15, -0.1) is 0 Å². The predicted octanol–water partition coefficient (Wildman–Crippen LogP) is 4.27. The third-order valence-electron chi connectivity index (χ3n) is 2.67. The molecule has 0 radical (unpaired) electrons. The molecule has 2 rings (SSSR count). The molecule has 3 nitrogen and oxygen atoms in total. The van der Waals surface area contributed by atoms with Crippen LogP contribution in [0.5, 0.6) is 5.75 Å². The Bertz CT molecular complexity index is 677. The maximum absolute atomic E-state index is 13.7. The molecule has 0 atom stereocenters. The van der Waals surface area contributed by atoms with Gasteiger partial charge in [-0.25, -0.2) is 8.78 Å². The molecule has 0 fully saturated rings. The summed E-state index contributed by atoms with van der Waals surface area (Å²) in [5.74, 6) is -1.72. The van der Waals surface area contributed by atoms with Crippen LogP contribution in [0.1, 0.15) is 17.3 Å². The molecule has 0 spiro atoms. The minimum Gasteiger partial charge on any atom is -0.492 e. The average Bonchev–Trinajstić information content (AvgIpc) is 2.42. The third-order valence-corrected chi connectivity index (χ3v) is 2.90. The van der Waals surface area contributed by atoms with E-state index < -0.39 is 17.5 Å². The number of hydrogen-bond donors (Lipinski definition) is 1. The molecule has 1 amide bonds. The van der Waals surface area contributed by atoms with Crippen LogP contribution >= 0.6 is 11.6 Å². The number of anilines is 1. The molecular formula is C15H12ClF2NO2. The Labute approximate surface area is 125 Å². The van der Waals surface area contributed by atoms with Crippen molar-refractivity contribution in [2.45, 2.75) is 6.92 Å². The number of carbonyl (C=O) groups excluding carboxylic acids is 1. The van der Waals surface area contributed by atoms with Gasteiger partial charge in [-0.2, -0.15) is 0 Å². The zero-order valence-corrected chi connectivity index (χ0v) is 11.9. The van der Waals surface area contributed by atoms with Crippen molar-refractivity contribution in [3.8, 4) is 5.75 Å². The minimum atomic E-state index is -0.736. The molecule has 0 saturated carbocycles. The van der Waals surface area contributed by atoms with E-state index in [1.54, 1.807) is 6.92 Å². The second kappa shape index (κ2) is 6.54. The molecule has 0 aliphatic rings. The Kier molecular flexibility index (Phi) is 4.75. The maximum Gasteiger partial charge on any atom is 0.258 e. The first-order valence-electron chi connectivity index (χ1n) is 6.20. The van der Waals surface area contributed by atoms with Crippen LogP contribution in [0.2, 0.25) is 5.02 Å². The van der Waals surface area contributed by atoms with Crippen molar-refractivity contribution in [1.82, 2.24) is 0 Å². The first kappa shape index (κ1) is 15.3. The summed E-state index contributed by atoms with van der Waals surface area (Å²) < 4.78 is 32.1. The molecule has 0 heterocycles. The van der Waals surface area contributed by atoms with Crippen LogP contribution in [0.25, 0.3) is 0 Å². The van der Waals surface area contributed by atoms with E-state index in [0.717, 1.165) is 12.1 Å². The summed E-state index contributed by atoms with van der Waals surface area (Å²) in [4.78, 5) is 12.0. The number of ether oxygens (including phenoxy) is 1. The van der Waals surface area contributed by atoms with Crippen LogP contribution in [0.3, 0.4) is 0 Å². The second-order valence-electron chi connectivity index (χ2n) is 4.15. The number of carbonyl (C=O) groups is 1. The Morgan fingerprint density at radius 3 is 2.67 bits per heavy atom. The van der Waals surface area contributed by atoms with Gasteiger partial charge in [0.2, 0.25) is 0 Å². The van der Waals surface area contributed by atoms with Crippen LogP contribution < -0.4 is 10.1 Å². The molecule has 0 saturated heterocycles.